The highest BCUT2D eigenvalue weighted by molar-refractivity contribution is 7.89. The standard InChI is InChI=1S/C18H20N2O5S/c1-3-13-7-9-15(10-8-13)20-17(21)12(2)25-18(22)14-5-4-6-16(11-14)26(19,23)24/h4-12H,3H2,1-2H3,(H,20,21)(H2,19,23,24)/t12-/m0/s1. The number of nitrogens with one attached hydrogen (secondary N) is 1. The predicted octanol–water partition coefficient (Wildman–Crippen LogP) is 2.08. The van der Waals surface area contributed by atoms with Crippen LogP contribution >= 0.6 is 0 Å². The normalized spacial score (nSPS) is 12.3. The third kappa shape index (κ3) is 5.14. The number of hydrogen-bond acceptors (Lipinski definition) is 5. The van der Waals surface area contributed by atoms with Gasteiger partial charge in [0.15, 0.2) is 6.10 Å². The zero-order valence-electron chi connectivity index (χ0n) is 14.4. The maximum absolute atomic E-state index is 12.2. The number of ether oxygens (including phenoxy) is 1. The van der Waals surface area contributed by atoms with Gasteiger partial charge in [-0.25, -0.2) is 18.4 Å². The number of aryl methyl sites for hydroxylation is 1. The number of carbonyl (C=O) groups excluding carboxylic acids is 2. The fraction of sp³-hybridized carbons (Fsp3) is 0.222. The van der Waals surface area contributed by atoms with Gasteiger partial charge in [0.05, 0.1) is 10.5 Å². The molecule has 1 atom stereocenters. The van der Waals surface area contributed by atoms with Crippen LogP contribution in [-0.4, -0.2) is 26.4 Å². The van der Waals surface area contributed by atoms with Crippen LogP contribution in [0.4, 0.5) is 5.69 Å². The van der Waals surface area contributed by atoms with Crippen LogP contribution in [0.25, 0.3) is 0 Å². The van der Waals surface area contributed by atoms with Gasteiger partial charge in [-0.05, 0) is 49.2 Å². The van der Waals surface area contributed by atoms with E-state index in [4.69, 9.17) is 9.88 Å². The molecule has 0 fully saturated rings. The SMILES string of the molecule is CCc1ccc(NC(=O)[C@H](C)OC(=O)c2cccc(S(N)(=O)=O)c2)cc1. The van der Waals surface area contributed by atoms with Crippen LogP contribution in [0.2, 0.25) is 0 Å². The van der Waals surface area contributed by atoms with E-state index in [1.807, 2.05) is 19.1 Å². The first-order chi connectivity index (χ1) is 12.2. The Kier molecular flexibility index (Phi) is 6.12. The van der Waals surface area contributed by atoms with Crippen molar-refractivity contribution in [2.24, 2.45) is 5.14 Å². The van der Waals surface area contributed by atoms with E-state index in [1.165, 1.54) is 25.1 Å². The van der Waals surface area contributed by atoms with Crippen LogP contribution in [0.15, 0.2) is 53.4 Å². The summed E-state index contributed by atoms with van der Waals surface area (Å²) in [6.07, 6.45) is -0.175. The zero-order chi connectivity index (χ0) is 19.3. The van der Waals surface area contributed by atoms with Crippen LogP contribution in [0.1, 0.15) is 29.8 Å². The van der Waals surface area contributed by atoms with E-state index < -0.39 is 28.0 Å². The van der Waals surface area contributed by atoms with E-state index in [9.17, 15) is 18.0 Å². The van der Waals surface area contributed by atoms with Gasteiger partial charge in [0, 0.05) is 5.69 Å². The lowest BCUT2D eigenvalue weighted by molar-refractivity contribution is -0.123. The number of rotatable bonds is 6. The molecule has 0 saturated heterocycles. The number of hydrogen-bond donors (Lipinski definition) is 2. The highest BCUT2D eigenvalue weighted by Gasteiger charge is 2.20. The monoisotopic (exact) mass is 376 g/mol. The first-order valence-corrected chi connectivity index (χ1v) is 9.49. The number of nitrogens with two attached hydrogens (primary N) is 1. The number of benzene rings is 2. The molecule has 2 rings (SSSR count). The maximum atomic E-state index is 12.2. The lowest BCUT2D eigenvalue weighted by atomic mass is 10.1. The van der Waals surface area contributed by atoms with Gasteiger partial charge in [-0.1, -0.05) is 25.1 Å². The Hall–Kier alpha value is -2.71. The summed E-state index contributed by atoms with van der Waals surface area (Å²) in [5.74, 6) is -1.32. The van der Waals surface area contributed by atoms with Crippen molar-refractivity contribution in [3.63, 3.8) is 0 Å². The fourth-order valence-electron chi connectivity index (χ4n) is 2.15. The fourth-order valence-corrected chi connectivity index (χ4v) is 2.71. The number of amides is 1. The summed E-state index contributed by atoms with van der Waals surface area (Å²) >= 11 is 0. The highest BCUT2D eigenvalue weighted by Crippen LogP contribution is 2.13. The molecule has 0 aliphatic carbocycles. The molecular weight excluding hydrogens is 356 g/mol. The lowest BCUT2D eigenvalue weighted by Gasteiger charge is -2.14. The van der Waals surface area contributed by atoms with Crippen molar-refractivity contribution in [2.75, 3.05) is 5.32 Å². The number of esters is 1. The minimum Gasteiger partial charge on any atom is -0.449 e. The molecule has 138 valence electrons. The summed E-state index contributed by atoms with van der Waals surface area (Å²) in [4.78, 5) is 24.1. The summed E-state index contributed by atoms with van der Waals surface area (Å²) in [6.45, 7) is 3.46. The van der Waals surface area contributed by atoms with Gasteiger partial charge >= 0.3 is 5.97 Å². The molecule has 0 saturated carbocycles. The lowest BCUT2D eigenvalue weighted by Crippen LogP contribution is -2.30. The Bertz CT molecular complexity index is 907. The summed E-state index contributed by atoms with van der Waals surface area (Å²) in [5.41, 5.74) is 1.71. The topological polar surface area (TPSA) is 116 Å². The summed E-state index contributed by atoms with van der Waals surface area (Å²) in [7, 11) is -3.94. The van der Waals surface area contributed by atoms with E-state index in [2.05, 4.69) is 5.32 Å². The van der Waals surface area contributed by atoms with Crippen LogP contribution in [0.5, 0.6) is 0 Å². The molecule has 0 aliphatic rings. The smallest absolute Gasteiger partial charge is 0.338 e. The molecule has 0 unspecified atom stereocenters. The van der Waals surface area contributed by atoms with Gasteiger partial charge in [0.2, 0.25) is 10.0 Å². The van der Waals surface area contributed by atoms with E-state index >= 15 is 0 Å². The van der Waals surface area contributed by atoms with Crippen molar-refractivity contribution in [3.8, 4) is 0 Å². The van der Waals surface area contributed by atoms with Gasteiger partial charge < -0.3 is 10.1 Å². The Morgan fingerprint density at radius 1 is 1.15 bits per heavy atom. The minimum absolute atomic E-state index is 0.0107. The average molecular weight is 376 g/mol. The average Bonchev–Trinajstić information content (AvgIpc) is 2.61. The van der Waals surface area contributed by atoms with Crippen molar-refractivity contribution in [2.45, 2.75) is 31.3 Å². The molecule has 0 spiro atoms. The van der Waals surface area contributed by atoms with Crippen molar-refractivity contribution in [1.29, 1.82) is 0 Å². The molecule has 7 nitrogen and oxygen atoms in total. The molecule has 0 aromatic heterocycles. The Morgan fingerprint density at radius 3 is 2.38 bits per heavy atom. The molecule has 0 bridgehead atoms. The molecule has 2 aromatic carbocycles. The molecule has 8 heteroatoms. The number of carbonyl (C=O) groups is 2. The molecule has 1 amide bonds. The van der Waals surface area contributed by atoms with Crippen molar-refractivity contribution in [1.82, 2.24) is 0 Å². The van der Waals surface area contributed by atoms with E-state index in [0.29, 0.717) is 5.69 Å². The second-order valence-corrected chi connectivity index (χ2v) is 7.22. The van der Waals surface area contributed by atoms with Crippen molar-refractivity contribution in [3.05, 3.63) is 59.7 Å². The third-order valence-corrected chi connectivity index (χ3v) is 4.59. The summed E-state index contributed by atoms with van der Waals surface area (Å²) < 4.78 is 27.8. The summed E-state index contributed by atoms with van der Waals surface area (Å²) in [6, 6.07) is 12.4. The number of primary sulfonamides is 1. The molecule has 0 heterocycles. The molecular formula is C18H20N2O5S. The largest absolute Gasteiger partial charge is 0.449 e. The second-order valence-electron chi connectivity index (χ2n) is 5.66. The Labute approximate surface area is 152 Å². The molecule has 2 aromatic rings. The minimum atomic E-state index is -3.94. The van der Waals surface area contributed by atoms with E-state index in [1.54, 1.807) is 12.1 Å². The Balaban J connectivity index is 2.02. The Morgan fingerprint density at radius 2 is 1.81 bits per heavy atom. The van der Waals surface area contributed by atoms with Crippen LogP contribution in [0.3, 0.4) is 0 Å². The van der Waals surface area contributed by atoms with Crippen molar-refractivity contribution >= 4 is 27.6 Å². The molecule has 26 heavy (non-hydrogen) atoms. The molecule has 3 N–H and O–H groups in total. The van der Waals surface area contributed by atoms with Crippen LogP contribution in [-0.2, 0) is 26.0 Å². The maximum Gasteiger partial charge on any atom is 0.338 e. The quantitative estimate of drug-likeness (QED) is 0.749. The third-order valence-electron chi connectivity index (χ3n) is 3.68. The van der Waals surface area contributed by atoms with Crippen LogP contribution < -0.4 is 10.5 Å². The van der Waals surface area contributed by atoms with Crippen LogP contribution in [0, 0.1) is 0 Å². The number of anilines is 1. The number of sulfonamides is 1. The second kappa shape index (κ2) is 8.11. The predicted molar refractivity (Wildman–Crippen MR) is 97.1 cm³/mol. The van der Waals surface area contributed by atoms with Gasteiger partial charge in [0.1, 0.15) is 0 Å². The van der Waals surface area contributed by atoms with E-state index in [-0.39, 0.29) is 10.5 Å². The van der Waals surface area contributed by atoms with Crippen molar-refractivity contribution < 1.29 is 22.7 Å². The summed E-state index contributed by atoms with van der Waals surface area (Å²) in [5, 5.41) is 7.69. The molecule has 0 aliphatic heterocycles. The zero-order valence-corrected chi connectivity index (χ0v) is 15.2. The first kappa shape index (κ1) is 19.6. The van der Waals surface area contributed by atoms with Gasteiger partial charge in [0.25, 0.3) is 5.91 Å². The first-order valence-electron chi connectivity index (χ1n) is 7.94. The van der Waals surface area contributed by atoms with Gasteiger partial charge in [-0.2, -0.15) is 0 Å². The molecule has 0 radical (unpaired) electrons. The highest BCUT2D eigenvalue weighted by atomic mass is 32.2. The van der Waals surface area contributed by atoms with E-state index in [0.717, 1.165) is 18.1 Å². The van der Waals surface area contributed by atoms with Gasteiger partial charge in [-0.15, -0.1) is 0 Å². The van der Waals surface area contributed by atoms with Gasteiger partial charge in [-0.3, -0.25) is 4.79 Å².